The van der Waals surface area contributed by atoms with Gasteiger partial charge in [0.2, 0.25) is 0 Å². The van der Waals surface area contributed by atoms with Crippen molar-refractivity contribution in [3.63, 3.8) is 0 Å². The summed E-state index contributed by atoms with van der Waals surface area (Å²) in [6.45, 7) is 5.16. The van der Waals surface area contributed by atoms with Crippen LogP contribution in [0.5, 0.6) is 0 Å². The first kappa shape index (κ1) is 14.6. The van der Waals surface area contributed by atoms with Crippen LogP contribution in [-0.4, -0.2) is 50.2 Å². The zero-order chi connectivity index (χ0) is 14.4. The summed E-state index contributed by atoms with van der Waals surface area (Å²) in [4.78, 5) is 14.3. The summed E-state index contributed by atoms with van der Waals surface area (Å²) in [5.41, 5.74) is 12.9. The molecule has 1 saturated heterocycles. The lowest BCUT2D eigenvalue weighted by Crippen LogP contribution is -2.38. The van der Waals surface area contributed by atoms with Gasteiger partial charge in [-0.3, -0.25) is 9.69 Å². The maximum Gasteiger partial charge on any atom is 0.251 e. The molecule has 1 aliphatic heterocycles. The smallest absolute Gasteiger partial charge is 0.251 e. The van der Waals surface area contributed by atoms with E-state index < -0.39 is 0 Å². The molecule has 5 N–H and O–H groups in total. The highest BCUT2D eigenvalue weighted by atomic mass is 16.5. The zero-order valence-electron chi connectivity index (χ0n) is 11.6. The Kier molecular flexibility index (Phi) is 5.20. The number of hydrogen-bond acceptors (Lipinski definition) is 5. The van der Waals surface area contributed by atoms with E-state index in [9.17, 15) is 4.79 Å². The van der Waals surface area contributed by atoms with Gasteiger partial charge in [-0.2, -0.15) is 0 Å². The van der Waals surface area contributed by atoms with E-state index in [2.05, 4.69) is 10.2 Å². The number of anilines is 2. The molecule has 20 heavy (non-hydrogen) atoms. The van der Waals surface area contributed by atoms with Crippen LogP contribution in [0.1, 0.15) is 16.8 Å². The first-order valence-electron chi connectivity index (χ1n) is 6.89. The molecule has 1 aliphatic rings. The minimum Gasteiger partial charge on any atom is -0.399 e. The number of carbonyl (C=O) groups excluding carboxylic acids is 1. The molecule has 0 radical (unpaired) electrons. The third-order valence-corrected chi connectivity index (χ3v) is 3.28. The van der Waals surface area contributed by atoms with Crippen molar-refractivity contribution >= 4 is 17.3 Å². The van der Waals surface area contributed by atoms with Gasteiger partial charge >= 0.3 is 0 Å². The summed E-state index contributed by atoms with van der Waals surface area (Å²) in [6.07, 6.45) is 0.920. The largest absolute Gasteiger partial charge is 0.399 e. The highest BCUT2D eigenvalue weighted by Crippen LogP contribution is 2.13. The van der Waals surface area contributed by atoms with E-state index in [1.54, 1.807) is 18.2 Å². The summed E-state index contributed by atoms with van der Waals surface area (Å²) in [5, 5.41) is 2.89. The number of hydrogen-bond donors (Lipinski definition) is 3. The lowest BCUT2D eigenvalue weighted by molar-refractivity contribution is 0.0374. The quantitative estimate of drug-likeness (QED) is 0.532. The molecule has 1 aromatic carbocycles. The van der Waals surface area contributed by atoms with E-state index in [1.165, 1.54) is 0 Å². The molecule has 2 rings (SSSR count). The third-order valence-electron chi connectivity index (χ3n) is 3.28. The number of ether oxygens (including phenoxy) is 1. The number of rotatable bonds is 5. The Bertz CT molecular complexity index is 438. The fourth-order valence-corrected chi connectivity index (χ4v) is 2.24. The third kappa shape index (κ3) is 4.40. The molecule has 0 unspecified atom stereocenters. The van der Waals surface area contributed by atoms with Crippen molar-refractivity contribution in [3.8, 4) is 0 Å². The van der Waals surface area contributed by atoms with Gasteiger partial charge in [-0.25, -0.2) is 0 Å². The fraction of sp³-hybridized carbons (Fsp3) is 0.500. The van der Waals surface area contributed by atoms with Gasteiger partial charge in [0.05, 0.1) is 13.2 Å². The number of nitrogens with zero attached hydrogens (tertiary/aromatic N) is 1. The summed E-state index contributed by atoms with van der Waals surface area (Å²) < 4.78 is 5.29. The van der Waals surface area contributed by atoms with Gasteiger partial charge in [-0.05, 0) is 31.2 Å². The van der Waals surface area contributed by atoms with Crippen LogP contribution in [-0.2, 0) is 4.74 Å². The van der Waals surface area contributed by atoms with Crippen molar-refractivity contribution in [1.82, 2.24) is 10.2 Å². The lowest BCUT2D eigenvalue weighted by atomic mass is 10.1. The van der Waals surface area contributed by atoms with Gasteiger partial charge in [0.25, 0.3) is 5.91 Å². The normalized spacial score (nSPS) is 16.0. The minimum absolute atomic E-state index is 0.133. The minimum atomic E-state index is -0.133. The predicted octanol–water partition coefficient (Wildman–Crippen LogP) is 0.303. The Morgan fingerprint density at radius 2 is 1.85 bits per heavy atom. The van der Waals surface area contributed by atoms with Crippen LogP contribution in [0.25, 0.3) is 0 Å². The Morgan fingerprint density at radius 1 is 1.20 bits per heavy atom. The first-order valence-corrected chi connectivity index (χ1v) is 6.89. The standard InChI is InChI=1S/C14H22N4O2/c15-12-8-11(9-13(16)10-12)14(19)17-2-1-3-18-4-6-20-7-5-18/h8-10H,1-7,15-16H2,(H,17,19). The van der Waals surface area contributed by atoms with E-state index in [4.69, 9.17) is 16.2 Å². The van der Waals surface area contributed by atoms with Crippen LogP contribution in [0.2, 0.25) is 0 Å². The summed E-state index contributed by atoms with van der Waals surface area (Å²) in [5.74, 6) is -0.133. The highest BCUT2D eigenvalue weighted by molar-refractivity contribution is 5.96. The SMILES string of the molecule is Nc1cc(N)cc(C(=O)NCCCN2CCOCC2)c1. The molecular weight excluding hydrogens is 256 g/mol. The number of nitrogen functional groups attached to an aromatic ring is 2. The van der Waals surface area contributed by atoms with E-state index in [-0.39, 0.29) is 5.91 Å². The molecular formula is C14H22N4O2. The van der Waals surface area contributed by atoms with Crippen LogP contribution in [0, 0.1) is 0 Å². The molecule has 110 valence electrons. The van der Waals surface area contributed by atoms with Gasteiger partial charge in [0.1, 0.15) is 0 Å². The van der Waals surface area contributed by atoms with Gasteiger partial charge in [0, 0.05) is 36.6 Å². The van der Waals surface area contributed by atoms with Gasteiger partial charge in [-0.1, -0.05) is 0 Å². The molecule has 1 aromatic rings. The zero-order valence-corrected chi connectivity index (χ0v) is 11.6. The van der Waals surface area contributed by atoms with E-state index >= 15 is 0 Å². The molecule has 0 atom stereocenters. The van der Waals surface area contributed by atoms with Gasteiger partial charge in [0.15, 0.2) is 0 Å². The van der Waals surface area contributed by atoms with Crippen molar-refractivity contribution in [2.24, 2.45) is 0 Å². The number of nitrogens with two attached hydrogens (primary N) is 2. The number of morpholine rings is 1. The Labute approximate surface area is 119 Å². The molecule has 1 fully saturated rings. The second-order valence-electron chi connectivity index (χ2n) is 4.95. The monoisotopic (exact) mass is 278 g/mol. The Hall–Kier alpha value is -1.79. The molecule has 0 bridgehead atoms. The van der Waals surface area contributed by atoms with Crippen molar-refractivity contribution in [3.05, 3.63) is 23.8 Å². The van der Waals surface area contributed by atoms with Crippen molar-refractivity contribution in [2.45, 2.75) is 6.42 Å². The van der Waals surface area contributed by atoms with E-state index in [0.717, 1.165) is 39.3 Å². The van der Waals surface area contributed by atoms with Crippen LogP contribution in [0.3, 0.4) is 0 Å². The summed E-state index contributed by atoms with van der Waals surface area (Å²) >= 11 is 0. The molecule has 1 amide bonds. The maximum atomic E-state index is 11.9. The van der Waals surface area contributed by atoms with Crippen molar-refractivity contribution in [1.29, 1.82) is 0 Å². The highest BCUT2D eigenvalue weighted by Gasteiger charge is 2.10. The van der Waals surface area contributed by atoms with Gasteiger partial charge in [-0.15, -0.1) is 0 Å². The summed E-state index contributed by atoms with van der Waals surface area (Å²) in [7, 11) is 0. The molecule has 1 heterocycles. The number of amides is 1. The fourth-order valence-electron chi connectivity index (χ4n) is 2.24. The van der Waals surface area contributed by atoms with Crippen LogP contribution >= 0.6 is 0 Å². The molecule has 0 aliphatic carbocycles. The average Bonchev–Trinajstić information content (AvgIpc) is 2.43. The van der Waals surface area contributed by atoms with Crippen LogP contribution in [0.15, 0.2) is 18.2 Å². The number of carbonyl (C=O) groups is 1. The van der Waals surface area contributed by atoms with Crippen molar-refractivity contribution < 1.29 is 9.53 Å². The maximum absolute atomic E-state index is 11.9. The Balaban J connectivity index is 1.71. The topological polar surface area (TPSA) is 93.6 Å². The molecule has 0 aromatic heterocycles. The average molecular weight is 278 g/mol. The van der Waals surface area contributed by atoms with Crippen LogP contribution < -0.4 is 16.8 Å². The lowest BCUT2D eigenvalue weighted by Gasteiger charge is -2.26. The van der Waals surface area contributed by atoms with E-state index in [1.807, 2.05) is 0 Å². The molecule has 0 spiro atoms. The van der Waals surface area contributed by atoms with E-state index in [0.29, 0.717) is 23.5 Å². The molecule has 6 nitrogen and oxygen atoms in total. The van der Waals surface area contributed by atoms with Gasteiger partial charge < -0.3 is 21.5 Å². The number of nitrogens with one attached hydrogen (secondary N) is 1. The van der Waals surface area contributed by atoms with Crippen LogP contribution in [0.4, 0.5) is 11.4 Å². The second-order valence-corrected chi connectivity index (χ2v) is 4.95. The number of benzene rings is 1. The van der Waals surface area contributed by atoms with Crippen molar-refractivity contribution in [2.75, 3.05) is 50.9 Å². The summed E-state index contributed by atoms with van der Waals surface area (Å²) in [6, 6.07) is 4.90. The predicted molar refractivity (Wildman–Crippen MR) is 79.5 cm³/mol. The second kappa shape index (κ2) is 7.12. The Morgan fingerprint density at radius 3 is 2.50 bits per heavy atom. The molecule has 0 saturated carbocycles. The first-order chi connectivity index (χ1) is 9.65. The molecule has 6 heteroatoms.